The molecule has 1 unspecified atom stereocenters. The standard InChI is InChI=1S/C13H14N2O5/c1-7-4-8(2-3-10(7)16)12(18)15-6-11(17)14-5-9(15)13(19)20/h2-4,9,16H,5-6H2,1H3,(H,14,17)(H,19,20). The molecule has 7 nitrogen and oxygen atoms in total. The molecule has 1 atom stereocenters. The Bertz CT molecular complexity index is 584. The molecule has 2 rings (SSSR count). The maximum atomic E-state index is 12.3. The van der Waals surface area contributed by atoms with Crippen molar-refractivity contribution in [3.63, 3.8) is 0 Å². The lowest BCUT2D eigenvalue weighted by Gasteiger charge is -2.32. The fraction of sp³-hybridized carbons (Fsp3) is 0.308. The van der Waals surface area contributed by atoms with E-state index in [4.69, 9.17) is 5.11 Å². The van der Waals surface area contributed by atoms with Crippen LogP contribution in [-0.4, -0.2) is 52.0 Å². The third-order valence-corrected chi connectivity index (χ3v) is 3.17. The van der Waals surface area contributed by atoms with Crippen LogP contribution >= 0.6 is 0 Å². The zero-order chi connectivity index (χ0) is 14.9. The van der Waals surface area contributed by atoms with Gasteiger partial charge in [-0.15, -0.1) is 0 Å². The van der Waals surface area contributed by atoms with Crippen LogP contribution in [0.2, 0.25) is 0 Å². The summed E-state index contributed by atoms with van der Waals surface area (Å²) in [4.78, 5) is 35.8. The van der Waals surface area contributed by atoms with Gasteiger partial charge in [-0.1, -0.05) is 0 Å². The number of carbonyl (C=O) groups excluding carboxylic acids is 2. The fourth-order valence-electron chi connectivity index (χ4n) is 2.03. The number of phenolic OH excluding ortho intramolecular Hbond substituents is 1. The predicted molar refractivity (Wildman–Crippen MR) is 68.3 cm³/mol. The second-order valence-electron chi connectivity index (χ2n) is 4.59. The lowest BCUT2D eigenvalue weighted by Crippen LogP contribution is -2.59. The molecule has 0 bridgehead atoms. The summed E-state index contributed by atoms with van der Waals surface area (Å²) in [5.41, 5.74) is 0.741. The first-order chi connectivity index (χ1) is 9.40. The van der Waals surface area contributed by atoms with E-state index in [1.807, 2.05) is 0 Å². The van der Waals surface area contributed by atoms with Crippen LogP contribution in [0.5, 0.6) is 5.75 Å². The molecule has 1 aromatic rings. The SMILES string of the molecule is Cc1cc(C(=O)N2CC(=O)NCC2C(=O)O)ccc1O. The van der Waals surface area contributed by atoms with Crippen molar-refractivity contribution in [2.24, 2.45) is 0 Å². The molecule has 1 heterocycles. The maximum Gasteiger partial charge on any atom is 0.328 e. The van der Waals surface area contributed by atoms with Crippen LogP contribution in [-0.2, 0) is 9.59 Å². The molecule has 1 aliphatic heterocycles. The second-order valence-corrected chi connectivity index (χ2v) is 4.59. The number of phenols is 1. The number of nitrogens with one attached hydrogen (secondary N) is 1. The van der Waals surface area contributed by atoms with Crippen LogP contribution in [0.3, 0.4) is 0 Å². The number of nitrogens with zero attached hydrogens (tertiary/aromatic N) is 1. The summed E-state index contributed by atoms with van der Waals surface area (Å²) in [6.07, 6.45) is 0. The Morgan fingerprint density at radius 2 is 2.10 bits per heavy atom. The minimum absolute atomic E-state index is 0.0488. The van der Waals surface area contributed by atoms with Crippen molar-refractivity contribution < 1.29 is 24.6 Å². The third-order valence-electron chi connectivity index (χ3n) is 3.17. The number of amides is 2. The van der Waals surface area contributed by atoms with Crippen LogP contribution in [0.15, 0.2) is 18.2 Å². The topological polar surface area (TPSA) is 107 Å². The first-order valence-electron chi connectivity index (χ1n) is 6.00. The Hall–Kier alpha value is -2.57. The van der Waals surface area contributed by atoms with Gasteiger partial charge in [0.1, 0.15) is 18.3 Å². The number of hydrogen-bond donors (Lipinski definition) is 3. The quantitative estimate of drug-likeness (QED) is 0.690. The molecule has 0 aliphatic carbocycles. The zero-order valence-corrected chi connectivity index (χ0v) is 10.8. The van der Waals surface area contributed by atoms with Gasteiger partial charge in [0.25, 0.3) is 5.91 Å². The Morgan fingerprint density at radius 3 is 2.70 bits per heavy atom. The number of rotatable bonds is 2. The van der Waals surface area contributed by atoms with E-state index in [0.717, 1.165) is 4.90 Å². The number of aliphatic carboxylic acids is 1. The zero-order valence-electron chi connectivity index (χ0n) is 10.8. The van der Waals surface area contributed by atoms with Gasteiger partial charge in [-0.25, -0.2) is 4.79 Å². The molecule has 7 heteroatoms. The number of aryl methyl sites for hydroxylation is 1. The molecule has 2 amide bonds. The van der Waals surface area contributed by atoms with Gasteiger partial charge in [0.2, 0.25) is 5.91 Å². The average molecular weight is 278 g/mol. The van der Waals surface area contributed by atoms with Crippen molar-refractivity contribution in [2.45, 2.75) is 13.0 Å². The summed E-state index contributed by atoms with van der Waals surface area (Å²) >= 11 is 0. The van der Waals surface area contributed by atoms with E-state index >= 15 is 0 Å². The highest BCUT2D eigenvalue weighted by molar-refractivity contribution is 6.00. The molecule has 1 aromatic carbocycles. The van der Waals surface area contributed by atoms with Gasteiger partial charge in [-0.05, 0) is 30.7 Å². The predicted octanol–water partition coefficient (Wildman–Crippen LogP) is -0.274. The number of carbonyl (C=O) groups is 3. The molecular weight excluding hydrogens is 264 g/mol. The molecule has 3 N–H and O–H groups in total. The highest BCUT2D eigenvalue weighted by Gasteiger charge is 2.35. The van der Waals surface area contributed by atoms with E-state index < -0.39 is 23.8 Å². The molecule has 0 spiro atoms. The van der Waals surface area contributed by atoms with Crippen LogP contribution in [0.1, 0.15) is 15.9 Å². The number of benzene rings is 1. The summed E-state index contributed by atoms with van der Waals surface area (Å²) in [5.74, 6) is -2.07. The van der Waals surface area contributed by atoms with Crippen molar-refractivity contribution >= 4 is 17.8 Å². The average Bonchev–Trinajstić information content (AvgIpc) is 2.40. The molecule has 1 aliphatic rings. The Kier molecular flexibility index (Phi) is 3.60. The second kappa shape index (κ2) is 5.20. The Labute approximate surface area is 114 Å². The lowest BCUT2D eigenvalue weighted by molar-refractivity contribution is -0.144. The van der Waals surface area contributed by atoms with Crippen molar-refractivity contribution in [2.75, 3.05) is 13.1 Å². The van der Waals surface area contributed by atoms with E-state index in [1.165, 1.54) is 18.2 Å². The largest absolute Gasteiger partial charge is 0.508 e. The molecule has 1 saturated heterocycles. The third kappa shape index (κ3) is 2.56. The highest BCUT2D eigenvalue weighted by Crippen LogP contribution is 2.19. The Balaban J connectivity index is 2.31. The molecule has 106 valence electrons. The Morgan fingerprint density at radius 1 is 1.40 bits per heavy atom. The fourth-order valence-corrected chi connectivity index (χ4v) is 2.03. The summed E-state index contributed by atoms with van der Waals surface area (Å²) in [5, 5.41) is 21.0. The van der Waals surface area contributed by atoms with Crippen molar-refractivity contribution in [3.05, 3.63) is 29.3 Å². The van der Waals surface area contributed by atoms with E-state index in [2.05, 4.69) is 5.32 Å². The monoisotopic (exact) mass is 278 g/mol. The summed E-state index contributed by atoms with van der Waals surface area (Å²) in [6, 6.07) is 3.14. The summed E-state index contributed by atoms with van der Waals surface area (Å²) in [7, 11) is 0. The summed E-state index contributed by atoms with van der Waals surface area (Å²) in [6.45, 7) is 1.22. The van der Waals surface area contributed by atoms with Crippen molar-refractivity contribution in [3.8, 4) is 5.75 Å². The number of carboxylic acids is 1. The van der Waals surface area contributed by atoms with Gasteiger partial charge in [0.05, 0.1) is 0 Å². The lowest BCUT2D eigenvalue weighted by atomic mass is 10.1. The van der Waals surface area contributed by atoms with Crippen LogP contribution in [0, 0.1) is 6.92 Å². The first-order valence-corrected chi connectivity index (χ1v) is 6.00. The van der Waals surface area contributed by atoms with Crippen molar-refractivity contribution in [1.29, 1.82) is 0 Å². The minimum atomic E-state index is -1.17. The summed E-state index contributed by atoms with van der Waals surface area (Å²) < 4.78 is 0. The van der Waals surface area contributed by atoms with Crippen molar-refractivity contribution in [1.82, 2.24) is 10.2 Å². The first kappa shape index (κ1) is 13.9. The van der Waals surface area contributed by atoms with E-state index in [1.54, 1.807) is 6.92 Å². The maximum absolute atomic E-state index is 12.3. The number of hydrogen-bond acceptors (Lipinski definition) is 4. The van der Waals surface area contributed by atoms with Crippen LogP contribution in [0.4, 0.5) is 0 Å². The van der Waals surface area contributed by atoms with Crippen LogP contribution in [0.25, 0.3) is 0 Å². The minimum Gasteiger partial charge on any atom is -0.508 e. The molecule has 0 saturated carbocycles. The van der Waals surface area contributed by atoms with Gasteiger partial charge in [0, 0.05) is 12.1 Å². The molecular formula is C13H14N2O5. The molecule has 0 radical (unpaired) electrons. The molecule has 0 aromatic heterocycles. The number of aromatic hydroxyl groups is 1. The molecule has 20 heavy (non-hydrogen) atoms. The highest BCUT2D eigenvalue weighted by atomic mass is 16.4. The molecule has 1 fully saturated rings. The van der Waals surface area contributed by atoms with E-state index in [-0.39, 0.29) is 24.4 Å². The van der Waals surface area contributed by atoms with Gasteiger partial charge >= 0.3 is 5.97 Å². The number of piperazine rings is 1. The van der Waals surface area contributed by atoms with E-state index in [9.17, 15) is 19.5 Å². The van der Waals surface area contributed by atoms with Gasteiger partial charge < -0.3 is 20.4 Å². The van der Waals surface area contributed by atoms with E-state index in [0.29, 0.717) is 5.56 Å². The van der Waals surface area contributed by atoms with Gasteiger partial charge in [0.15, 0.2) is 0 Å². The normalized spacial score (nSPS) is 18.6. The number of carboxylic acid groups (broad SMARTS) is 1. The smallest absolute Gasteiger partial charge is 0.328 e. The van der Waals surface area contributed by atoms with Gasteiger partial charge in [-0.2, -0.15) is 0 Å². The van der Waals surface area contributed by atoms with Crippen LogP contribution < -0.4 is 5.32 Å². The van der Waals surface area contributed by atoms with Gasteiger partial charge in [-0.3, -0.25) is 9.59 Å².